The molecule has 1 N–H and O–H groups in total. The lowest BCUT2D eigenvalue weighted by molar-refractivity contribution is 0.609. The van der Waals surface area contributed by atoms with Gasteiger partial charge in [-0.05, 0) is 36.9 Å². The number of aromatic nitrogens is 5. The number of nitrogens with one attached hydrogen (secondary N) is 1. The average molecular weight is 439 g/mol. The molecule has 0 amide bonds. The van der Waals surface area contributed by atoms with Crippen LogP contribution in [0.3, 0.4) is 0 Å². The van der Waals surface area contributed by atoms with Gasteiger partial charge in [0.2, 0.25) is 5.95 Å². The smallest absolute Gasteiger partial charge is 0.239 e. The second kappa shape index (κ2) is 10.3. The molecule has 31 heavy (non-hydrogen) atoms. The van der Waals surface area contributed by atoms with Gasteiger partial charge in [0.15, 0.2) is 0 Å². The Morgan fingerprint density at radius 2 is 1.94 bits per heavy atom. The molecule has 1 aromatic carbocycles. The summed E-state index contributed by atoms with van der Waals surface area (Å²) in [6.07, 6.45) is 8.46. The molecule has 0 saturated heterocycles. The quantitative estimate of drug-likeness (QED) is 0.332. The maximum absolute atomic E-state index is 14.9. The van der Waals surface area contributed by atoms with Crippen molar-refractivity contribution < 1.29 is 4.39 Å². The third-order valence-electron chi connectivity index (χ3n) is 4.77. The third-order valence-corrected chi connectivity index (χ3v) is 5.64. The topological polar surface area (TPSA) is 68.5 Å². The van der Waals surface area contributed by atoms with Gasteiger partial charge in [-0.15, -0.1) is 16.8 Å². The summed E-state index contributed by atoms with van der Waals surface area (Å²) in [6.45, 7) is 13.7. The van der Waals surface area contributed by atoms with Crippen LogP contribution in [0.1, 0.15) is 49.0 Å². The number of hydrogen-bond donors (Lipinski definition) is 1. The van der Waals surface area contributed by atoms with Crippen LogP contribution in [0.15, 0.2) is 49.8 Å². The Morgan fingerprint density at radius 3 is 2.61 bits per heavy atom. The zero-order valence-corrected chi connectivity index (χ0v) is 18.9. The van der Waals surface area contributed by atoms with E-state index in [-0.39, 0.29) is 17.0 Å². The van der Waals surface area contributed by atoms with Crippen molar-refractivity contribution >= 4 is 24.0 Å². The lowest BCUT2D eigenvalue weighted by atomic mass is 10.1. The molecule has 162 valence electrons. The van der Waals surface area contributed by atoms with Gasteiger partial charge in [0, 0.05) is 35.5 Å². The van der Waals surface area contributed by atoms with Gasteiger partial charge >= 0.3 is 0 Å². The van der Waals surface area contributed by atoms with Gasteiger partial charge in [0.05, 0.1) is 5.69 Å². The Balaban J connectivity index is 1.89. The minimum Gasteiger partial charge on any atom is -0.298 e. The predicted molar refractivity (Wildman–Crippen MR) is 126 cm³/mol. The first-order chi connectivity index (χ1) is 14.9. The molecule has 2 heterocycles. The van der Waals surface area contributed by atoms with Crippen molar-refractivity contribution in [1.82, 2.24) is 24.7 Å². The molecular weight excluding hydrogens is 411 g/mol. The lowest BCUT2D eigenvalue weighted by Gasteiger charge is -2.18. The first-order valence-corrected chi connectivity index (χ1v) is 11.0. The van der Waals surface area contributed by atoms with Crippen LogP contribution >= 0.6 is 11.9 Å². The highest BCUT2D eigenvalue weighted by atomic mass is 32.2. The van der Waals surface area contributed by atoms with Crippen LogP contribution in [-0.4, -0.2) is 30.0 Å². The molecule has 6 nitrogen and oxygen atoms in total. The second-order valence-electron chi connectivity index (χ2n) is 7.44. The fourth-order valence-corrected chi connectivity index (χ4v) is 3.84. The van der Waals surface area contributed by atoms with Crippen LogP contribution in [0.5, 0.6) is 0 Å². The SMILES string of the molecule is C=CC[C@H](C)c1nnc(NSC(C)Cc2ncc(C)cn2)n1-c1c(F)cccc1C=C. The summed E-state index contributed by atoms with van der Waals surface area (Å²) in [5.74, 6) is 1.54. The standard InChI is InChI=1S/C23H27FN6S/c1-6-9-16(4)22-27-28-23(30(22)21-18(7-2)10-8-11-19(21)24)29-31-17(5)12-20-25-13-15(3)14-26-20/h6-8,10-11,13-14,16-17H,1-2,9,12H2,3-5H3,(H,28,29)/t16-,17?/m0/s1. The Morgan fingerprint density at radius 1 is 1.19 bits per heavy atom. The minimum absolute atomic E-state index is 0.0150. The molecule has 0 radical (unpaired) electrons. The highest BCUT2D eigenvalue weighted by Gasteiger charge is 2.23. The van der Waals surface area contributed by atoms with Crippen LogP contribution in [0.4, 0.5) is 10.3 Å². The molecule has 2 atom stereocenters. The number of halogens is 1. The van der Waals surface area contributed by atoms with Crippen LogP contribution in [0, 0.1) is 12.7 Å². The Kier molecular flexibility index (Phi) is 7.57. The van der Waals surface area contributed by atoms with Crippen molar-refractivity contribution in [1.29, 1.82) is 0 Å². The Bertz CT molecular complexity index is 1050. The third kappa shape index (κ3) is 5.38. The number of nitrogens with zero attached hydrogens (tertiary/aromatic N) is 5. The fourth-order valence-electron chi connectivity index (χ4n) is 3.17. The number of rotatable bonds is 10. The summed E-state index contributed by atoms with van der Waals surface area (Å²) >= 11 is 1.47. The molecule has 0 aliphatic carbocycles. The largest absolute Gasteiger partial charge is 0.298 e. The molecule has 0 bridgehead atoms. The monoisotopic (exact) mass is 438 g/mol. The van der Waals surface area contributed by atoms with Crippen molar-refractivity contribution in [2.24, 2.45) is 0 Å². The van der Waals surface area contributed by atoms with Crippen LogP contribution in [0.2, 0.25) is 0 Å². The normalized spacial score (nSPS) is 12.9. The molecule has 2 aromatic heterocycles. The first kappa shape index (κ1) is 22.7. The first-order valence-electron chi connectivity index (χ1n) is 10.1. The Labute approximate surface area is 186 Å². The maximum Gasteiger partial charge on any atom is 0.239 e. The van der Waals surface area contributed by atoms with Gasteiger partial charge in [-0.1, -0.05) is 44.7 Å². The summed E-state index contributed by atoms with van der Waals surface area (Å²) in [4.78, 5) is 8.73. The van der Waals surface area contributed by atoms with E-state index < -0.39 is 0 Å². The van der Waals surface area contributed by atoms with E-state index in [4.69, 9.17) is 0 Å². The van der Waals surface area contributed by atoms with E-state index in [0.717, 1.165) is 11.4 Å². The number of benzene rings is 1. The van der Waals surface area contributed by atoms with Gasteiger partial charge in [0.1, 0.15) is 17.5 Å². The average Bonchev–Trinajstić information content (AvgIpc) is 3.17. The highest BCUT2D eigenvalue weighted by molar-refractivity contribution is 8.01. The molecule has 8 heteroatoms. The van der Waals surface area contributed by atoms with Crippen LogP contribution in [0.25, 0.3) is 11.8 Å². The molecule has 1 unspecified atom stereocenters. The summed E-state index contributed by atoms with van der Waals surface area (Å²) in [7, 11) is 0. The predicted octanol–water partition coefficient (Wildman–Crippen LogP) is 5.52. The van der Waals surface area contributed by atoms with E-state index in [2.05, 4.69) is 45.0 Å². The van der Waals surface area contributed by atoms with Crippen molar-refractivity contribution in [3.05, 3.63) is 78.4 Å². The van der Waals surface area contributed by atoms with Gasteiger partial charge in [-0.3, -0.25) is 9.29 Å². The van der Waals surface area contributed by atoms with E-state index in [1.807, 2.05) is 38.4 Å². The molecule has 3 rings (SSSR count). The molecule has 0 saturated carbocycles. The minimum atomic E-state index is -0.363. The number of aryl methyl sites for hydroxylation is 1. The zero-order valence-electron chi connectivity index (χ0n) is 18.0. The van der Waals surface area contributed by atoms with E-state index in [9.17, 15) is 4.39 Å². The molecule has 0 spiro atoms. The second-order valence-corrected chi connectivity index (χ2v) is 8.68. The number of anilines is 1. The van der Waals surface area contributed by atoms with E-state index >= 15 is 0 Å². The molecule has 0 aliphatic heterocycles. The summed E-state index contributed by atoms with van der Waals surface area (Å²) in [5.41, 5.74) is 2.08. The van der Waals surface area contributed by atoms with E-state index in [1.54, 1.807) is 16.7 Å². The lowest BCUT2D eigenvalue weighted by Crippen LogP contribution is -2.13. The number of allylic oxidation sites excluding steroid dienone is 1. The van der Waals surface area contributed by atoms with Gasteiger partial charge < -0.3 is 0 Å². The molecular formula is C23H27FN6S. The van der Waals surface area contributed by atoms with E-state index in [0.29, 0.717) is 35.9 Å². The highest BCUT2D eigenvalue weighted by Crippen LogP contribution is 2.30. The van der Waals surface area contributed by atoms with Crippen LogP contribution < -0.4 is 4.72 Å². The van der Waals surface area contributed by atoms with Crippen molar-refractivity contribution in [2.45, 2.75) is 44.8 Å². The van der Waals surface area contributed by atoms with Crippen molar-refractivity contribution in [3.8, 4) is 5.69 Å². The summed E-state index contributed by atoms with van der Waals surface area (Å²) in [6, 6.07) is 4.92. The van der Waals surface area contributed by atoms with Crippen molar-refractivity contribution in [3.63, 3.8) is 0 Å². The molecule has 0 aliphatic rings. The number of hydrogen-bond acceptors (Lipinski definition) is 6. The zero-order chi connectivity index (χ0) is 22.4. The maximum atomic E-state index is 14.9. The molecule has 3 aromatic rings. The van der Waals surface area contributed by atoms with Crippen molar-refractivity contribution in [2.75, 3.05) is 4.72 Å². The number of para-hydroxylation sites is 1. The summed E-state index contributed by atoms with van der Waals surface area (Å²) in [5, 5.41) is 8.83. The fraction of sp³-hybridized carbons (Fsp3) is 0.304. The van der Waals surface area contributed by atoms with E-state index in [1.165, 1.54) is 18.0 Å². The van der Waals surface area contributed by atoms with Gasteiger partial charge in [-0.25, -0.2) is 14.4 Å². The van der Waals surface area contributed by atoms with Gasteiger partial charge in [0.25, 0.3) is 0 Å². The molecule has 0 fully saturated rings. The summed E-state index contributed by atoms with van der Waals surface area (Å²) < 4.78 is 19.9. The van der Waals surface area contributed by atoms with Crippen LogP contribution in [-0.2, 0) is 6.42 Å². The Hall–Kier alpha value is -3.00. The van der Waals surface area contributed by atoms with Gasteiger partial charge in [-0.2, -0.15) is 0 Å².